The van der Waals surface area contributed by atoms with Gasteiger partial charge in [0.1, 0.15) is 12.1 Å². The summed E-state index contributed by atoms with van der Waals surface area (Å²) in [6, 6.07) is 5.35. The van der Waals surface area contributed by atoms with Crippen LogP contribution in [-0.2, 0) is 20.9 Å². The number of anilines is 1. The lowest BCUT2D eigenvalue weighted by Gasteiger charge is -2.35. The van der Waals surface area contributed by atoms with Gasteiger partial charge in [-0.05, 0) is 75.9 Å². The van der Waals surface area contributed by atoms with Crippen LogP contribution < -0.4 is 4.90 Å². The molecule has 202 valence electrons. The molecule has 0 aromatic heterocycles. The SMILES string of the molecule is COC(=S)N1CCN(CCCCCCCCN2C(=S)N(c3ccc4c(c3)COC4=O)C(=O)C2(C)C)CC1. The number of thiocarbonyl (C=S) groups is 2. The maximum atomic E-state index is 13.3. The zero-order valence-corrected chi connectivity index (χ0v) is 23.8. The summed E-state index contributed by atoms with van der Waals surface area (Å²) in [7, 11) is 1.64. The number of fused-ring (bicyclic) bond motifs is 1. The summed E-state index contributed by atoms with van der Waals surface area (Å²) in [4.78, 5) is 33.4. The molecule has 0 unspecified atom stereocenters. The van der Waals surface area contributed by atoms with Gasteiger partial charge in [0.05, 0.1) is 18.4 Å². The van der Waals surface area contributed by atoms with E-state index in [0.717, 1.165) is 57.7 Å². The van der Waals surface area contributed by atoms with Gasteiger partial charge in [0, 0.05) is 38.3 Å². The van der Waals surface area contributed by atoms with Gasteiger partial charge in [-0.2, -0.15) is 0 Å². The number of esters is 1. The molecule has 0 aliphatic carbocycles. The number of ether oxygens (including phenoxy) is 2. The fraction of sp³-hybridized carbons (Fsp3) is 0.630. The van der Waals surface area contributed by atoms with Crippen molar-refractivity contribution >= 4 is 52.3 Å². The van der Waals surface area contributed by atoms with Crippen LogP contribution in [-0.4, -0.2) is 88.8 Å². The van der Waals surface area contributed by atoms with Crippen molar-refractivity contribution in [3.05, 3.63) is 29.3 Å². The number of piperazine rings is 1. The van der Waals surface area contributed by atoms with E-state index in [9.17, 15) is 9.59 Å². The normalized spacial score (nSPS) is 19.4. The van der Waals surface area contributed by atoms with Crippen LogP contribution in [0.15, 0.2) is 18.2 Å². The van der Waals surface area contributed by atoms with E-state index >= 15 is 0 Å². The van der Waals surface area contributed by atoms with Crippen molar-refractivity contribution in [3.63, 3.8) is 0 Å². The van der Waals surface area contributed by atoms with Crippen LogP contribution >= 0.6 is 24.4 Å². The molecule has 8 nitrogen and oxygen atoms in total. The van der Waals surface area contributed by atoms with Crippen molar-refractivity contribution in [2.75, 3.05) is 51.3 Å². The molecule has 2 fully saturated rings. The molecule has 10 heteroatoms. The lowest BCUT2D eigenvalue weighted by molar-refractivity contribution is -0.123. The summed E-state index contributed by atoms with van der Waals surface area (Å²) in [5, 5.41) is 1.14. The fourth-order valence-electron chi connectivity index (χ4n) is 5.29. The first-order chi connectivity index (χ1) is 17.7. The van der Waals surface area contributed by atoms with Crippen LogP contribution in [0.1, 0.15) is 68.3 Å². The smallest absolute Gasteiger partial charge is 0.338 e. The van der Waals surface area contributed by atoms with Gasteiger partial charge in [-0.1, -0.05) is 25.7 Å². The summed E-state index contributed by atoms with van der Waals surface area (Å²) in [6.07, 6.45) is 6.99. The molecule has 1 aromatic carbocycles. The quantitative estimate of drug-likeness (QED) is 0.246. The number of cyclic esters (lactones) is 1. The third-order valence-electron chi connectivity index (χ3n) is 7.66. The zero-order chi connectivity index (χ0) is 26.6. The number of rotatable bonds is 10. The number of carbonyl (C=O) groups excluding carboxylic acids is 2. The number of carbonyl (C=O) groups is 2. The van der Waals surface area contributed by atoms with Crippen molar-refractivity contribution in [1.82, 2.24) is 14.7 Å². The third-order valence-corrected chi connectivity index (χ3v) is 8.49. The van der Waals surface area contributed by atoms with Gasteiger partial charge in [0.25, 0.3) is 11.1 Å². The number of hydrogen-bond acceptors (Lipinski definition) is 7. The van der Waals surface area contributed by atoms with Gasteiger partial charge in [0.15, 0.2) is 5.11 Å². The van der Waals surface area contributed by atoms with Gasteiger partial charge >= 0.3 is 5.97 Å². The summed E-state index contributed by atoms with van der Waals surface area (Å²) < 4.78 is 10.3. The zero-order valence-electron chi connectivity index (χ0n) is 22.2. The Morgan fingerprint density at radius 2 is 1.65 bits per heavy atom. The molecule has 1 amide bonds. The molecule has 0 atom stereocenters. The Morgan fingerprint density at radius 1 is 1.00 bits per heavy atom. The number of methoxy groups -OCH3 is 1. The van der Waals surface area contributed by atoms with Gasteiger partial charge in [-0.15, -0.1) is 0 Å². The maximum absolute atomic E-state index is 13.3. The first-order valence-electron chi connectivity index (χ1n) is 13.3. The Balaban J connectivity index is 1.16. The van der Waals surface area contributed by atoms with Crippen LogP contribution in [0, 0.1) is 0 Å². The lowest BCUT2D eigenvalue weighted by Crippen LogP contribution is -2.48. The van der Waals surface area contributed by atoms with Crippen molar-refractivity contribution < 1.29 is 19.1 Å². The molecule has 4 rings (SSSR count). The fourth-order valence-corrected chi connectivity index (χ4v) is 5.98. The number of amides is 1. The molecule has 0 saturated carbocycles. The predicted molar refractivity (Wildman–Crippen MR) is 152 cm³/mol. The van der Waals surface area contributed by atoms with Crippen molar-refractivity contribution in [2.45, 2.75) is 64.5 Å². The highest BCUT2D eigenvalue weighted by atomic mass is 32.1. The highest BCUT2D eigenvalue weighted by Gasteiger charge is 2.49. The Morgan fingerprint density at radius 3 is 2.32 bits per heavy atom. The second-order valence-corrected chi connectivity index (χ2v) is 11.2. The Hall–Kier alpha value is -2.30. The molecule has 0 radical (unpaired) electrons. The van der Waals surface area contributed by atoms with Crippen molar-refractivity contribution in [2.24, 2.45) is 0 Å². The summed E-state index contributed by atoms with van der Waals surface area (Å²) >= 11 is 11.0. The molecule has 3 aliphatic heterocycles. The number of nitrogens with zero attached hydrogens (tertiary/aromatic N) is 4. The van der Waals surface area contributed by atoms with E-state index in [1.807, 2.05) is 19.9 Å². The largest absolute Gasteiger partial charge is 0.474 e. The standard InChI is InChI=1S/C27H38N4O4S2/c1-27(2)24(33)31(21-10-11-22-20(18-21)19-35-23(22)32)25(36)30(27)13-9-7-5-4-6-8-12-28-14-16-29(17-15-28)26(37)34-3/h10-11,18H,4-9,12-17,19H2,1-3H3. The van der Waals surface area contributed by atoms with E-state index in [1.54, 1.807) is 24.1 Å². The summed E-state index contributed by atoms with van der Waals surface area (Å²) in [5.41, 5.74) is 1.36. The minimum absolute atomic E-state index is 0.0347. The Bertz CT molecular complexity index is 1040. The van der Waals surface area contributed by atoms with Gasteiger partial charge in [-0.3, -0.25) is 14.6 Å². The predicted octanol–water partition coefficient (Wildman–Crippen LogP) is 3.96. The van der Waals surface area contributed by atoms with Crippen molar-refractivity contribution in [1.29, 1.82) is 0 Å². The molecular weight excluding hydrogens is 508 g/mol. The number of benzene rings is 1. The molecule has 3 heterocycles. The van der Waals surface area contributed by atoms with E-state index in [4.69, 9.17) is 33.9 Å². The van der Waals surface area contributed by atoms with E-state index in [0.29, 0.717) is 21.5 Å². The van der Waals surface area contributed by atoms with Gasteiger partial charge in [0.2, 0.25) is 0 Å². The monoisotopic (exact) mass is 546 g/mol. The average molecular weight is 547 g/mol. The van der Waals surface area contributed by atoms with Crippen molar-refractivity contribution in [3.8, 4) is 0 Å². The first-order valence-corrected chi connectivity index (χ1v) is 14.1. The summed E-state index contributed by atoms with van der Waals surface area (Å²) in [6.45, 7) is 9.99. The summed E-state index contributed by atoms with van der Waals surface area (Å²) in [5.74, 6) is -0.350. The molecule has 0 N–H and O–H groups in total. The van der Waals surface area contributed by atoms with Crippen LogP contribution in [0.3, 0.4) is 0 Å². The maximum Gasteiger partial charge on any atom is 0.338 e. The second kappa shape index (κ2) is 12.0. The molecule has 3 aliphatic rings. The third kappa shape index (κ3) is 6.07. The van der Waals surface area contributed by atoms with Crippen LogP contribution in [0.25, 0.3) is 0 Å². The first kappa shape index (κ1) is 27.7. The molecule has 2 saturated heterocycles. The number of unbranched alkanes of at least 4 members (excludes halogenated alkanes) is 5. The van der Waals surface area contributed by atoms with Gasteiger partial charge in [-0.25, -0.2) is 4.79 Å². The van der Waals surface area contributed by atoms with Gasteiger partial charge < -0.3 is 19.3 Å². The highest BCUT2D eigenvalue weighted by molar-refractivity contribution is 7.80. The molecule has 0 bridgehead atoms. The Labute approximate surface area is 230 Å². The van der Waals surface area contributed by atoms with E-state index in [-0.39, 0.29) is 18.5 Å². The van der Waals surface area contributed by atoms with E-state index in [1.165, 1.54) is 25.7 Å². The lowest BCUT2D eigenvalue weighted by atomic mass is 10.0. The molecule has 1 aromatic rings. The molecule has 0 spiro atoms. The Kier molecular flexibility index (Phi) is 9.03. The minimum atomic E-state index is -0.695. The van der Waals surface area contributed by atoms with Crippen LogP contribution in [0.2, 0.25) is 0 Å². The molecular formula is C27H38N4O4S2. The number of hydrogen-bond donors (Lipinski definition) is 0. The second-order valence-electron chi connectivity index (χ2n) is 10.5. The average Bonchev–Trinajstić information content (AvgIpc) is 3.34. The topological polar surface area (TPSA) is 65.6 Å². The molecule has 37 heavy (non-hydrogen) atoms. The van der Waals surface area contributed by atoms with Crippen LogP contribution in [0.4, 0.5) is 5.69 Å². The van der Waals surface area contributed by atoms with E-state index in [2.05, 4.69) is 14.7 Å². The van der Waals surface area contributed by atoms with E-state index < -0.39 is 5.54 Å². The highest BCUT2D eigenvalue weighted by Crippen LogP contribution is 2.34. The van der Waals surface area contributed by atoms with Crippen LogP contribution in [0.5, 0.6) is 0 Å². The minimum Gasteiger partial charge on any atom is -0.474 e.